The topological polar surface area (TPSA) is 77.3 Å². The van der Waals surface area contributed by atoms with E-state index in [0.29, 0.717) is 34.9 Å². The first kappa shape index (κ1) is 35.9. The van der Waals surface area contributed by atoms with Gasteiger partial charge < -0.3 is 0 Å². The largest absolute Gasteiger partial charge is 0.208 e. The Bertz CT molecular complexity index is 2820. The summed E-state index contributed by atoms with van der Waals surface area (Å²) in [5, 5.41) is 0. The maximum Gasteiger partial charge on any atom is 0.165 e. The molecule has 57 heavy (non-hydrogen) atoms. The lowest BCUT2D eigenvalue weighted by Gasteiger charge is -2.20. The number of fused-ring (bicyclic) bond motifs is 2. The van der Waals surface area contributed by atoms with Crippen LogP contribution in [0, 0.1) is 0 Å². The van der Waals surface area contributed by atoms with Crippen LogP contribution in [0.25, 0.3) is 73.6 Å². The van der Waals surface area contributed by atoms with Crippen molar-refractivity contribution in [2.24, 2.45) is 0 Å². The van der Waals surface area contributed by atoms with E-state index in [0.717, 1.165) is 49.4 Å². The van der Waals surface area contributed by atoms with E-state index in [1.807, 2.05) is 97.9 Å². The molecule has 8 heteroatoms. The summed E-state index contributed by atoms with van der Waals surface area (Å²) in [5.41, 5.74) is 7.50. The van der Waals surface area contributed by atoms with Crippen LogP contribution in [0.2, 0.25) is 0 Å². The van der Waals surface area contributed by atoms with E-state index < -0.39 is 0 Å². The maximum atomic E-state index is 5.12. The van der Waals surface area contributed by atoms with Gasteiger partial charge in [-0.3, -0.25) is 0 Å². The van der Waals surface area contributed by atoms with Gasteiger partial charge in [0, 0.05) is 53.0 Å². The fraction of sp³-hybridized carbons (Fsp3) is 0.0204. The van der Waals surface area contributed by atoms with Crippen LogP contribution in [-0.2, 0) is 0 Å². The van der Waals surface area contributed by atoms with Crippen LogP contribution in [0.15, 0.2) is 202 Å². The first-order valence-electron chi connectivity index (χ1n) is 18.5. The Kier molecular flexibility index (Phi) is 10.2. The number of hydrogen-bond acceptors (Lipinski definition) is 8. The van der Waals surface area contributed by atoms with Crippen molar-refractivity contribution in [2.75, 3.05) is 0 Å². The van der Waals surface area contributed by atoms with Crippen LogP contribution < -0.4 is 0 Å². The van der Waals surface area contributed by atoms with Gasteiger partial charge in [-0.2, -0.15) is 0 Å². The summed E-state index contributed by atoms with van der Waals surface area (Å²) < 4.78 is 0. The highest BCUT2D eigenvalue weighted by Crippen LogP contribution is 2.51. The minimum Gasteiger partial charge on any atom is -0.208 e. The fourth-order valence-corrected chi connectivity index (χ4v) is 8.87. The van der Waals surface area contributed by atoms with Gasteiger partial charge in [-0.05, 0) is 48.4 Å². The lowest BCUT2D eigenvalue weighted by atomic mass is 10.0. The first-order valence-corrected chi connectivity index (χ1v) is 20.1. The Hall–Kier alpha value is -6.74. The molecule has 1 aliphatic heterocycles. The summed E-state index contributed by atoms with van der Waals surface area (Å²) in [7, 11) is 0. The molecule has 0 spiro atoms. The summed E-state index contributed by atoms with van der Waals surface area (Å²) in [5.74, 6) is 3.63. The molecule has 0 amide bonds. The number of rotatable bonds is 9. The summed E-state index contributed by atoms with van der Waals surface area (Å²) in [4.78, 5) is 34.7. The van der Waals surface area contributed by atoms with E-state index in [4.69, 9.17) is 29.9 Å². The molecule has 272 valence electrons. The van der Waals surface area contributed by atoms with Crippen LogP contribution in [0.1, 0.15) is 12.7 Å². The zero-order valence-electron chi connectivity index (χ0n) is 31.0. The predicted octanol–water partition coefficient (Wildman–Crippen LogP) is 12.8. The molecule has 0 radical (unpaired) electrons. The Morgan fingerprint density at radius 1 is 0.456 bits per heavy atom. The minimum absolute atomic E-state index is 0.562. The Morgan fingerprint density at radius 2 is 0.947 bits per heavy atom. The van der Waals surface area contributed by atoms with Gasteiger partial charge in [0.25, 0.3) is 0 Å². The molecule has 0 bridgehead atoms. The van der Waals surface area contributed by atoms with Crippen molar-refractivity contribution >= 4 is 29.1 Å². The lowest BCUT2D eigenvalue weighted by molar-refractivity contribution is 1.04. The Balaban J connectivity index is 1.08. The molecule has 1 aliphatic rings. The number of hydrogen-bond donors (Lipinski definition) is 0. The minimum atomic E-state index is 0.562. The molecule has 6 aromatic carbocycles. The number of allylic oxidation sites excluding steroid dienone is 5. The standard InChI is InChI=1S/C49H34N6S2/c1-3-5-16-32(4-2)44-50-45(34-17-8-6-9-18-34)53-48(51-44)38-22-14-21-37(31-38)33-27-29-36(30-28-33)47-52-46(35-19-10-7-11-20-35)54-49(55-47)39-23-15-26-42-43(39)57-41-25-13-12-24-40(41)56-42/h3-31H,2H2,1H3/b5-3-,32-16+. The maximum absolute atomic E-state index is 5.12. The molecule has 2 aromatic heterocycles. The molecule has 0 N–H and O–H groups in total. The van der Waals surface area contributed by atoms with Gasteiger partial charge in [0.05, 0.1) is 0 Å². The molecule has 0 saturated heterocycles. The van der Waals surface area contributed by atoms with Crippen molar-refractivity contribution in [3.8, 4) is 68.1 Å². The van der Waals surface area contributed by atoms with Crippen molar-refractivity contribution in [3.63, 3.8) is 0 Å². The highest BCUT2D eigenvalue weighted by atomic mass is 32.2. The van der Waals surface area contributed by atoms with Crippen LogP contribution in [-0.4, -0.2) is 29.9 Å². The van der Waals surface area contributed by atoms with E-state index in [9.17, 15) is 0 Å². The molecule has 0 aliphatic carbocycles. The van der Waals surface area contributed by atoms with Gasteiger partial charge in [-0.15, -0.1) is 0 Å². The third kappa shape index (κ3) is 7.61. The van der Waals surface area contributed by atoms with Crippen molar-refractivity contribution in [2.45, 2.75) is 26.5 Å². The zero-order chi connectivity index (χ0) is 38.6. The van der Waals surface area contributed by atoms with E-state index >= 15 is 0 Å². The average molecular weight is 771 g/mol. The molecule has 8 aromatic rings. The number of nitrogens with zero attached hydrogens (tertiary/aromatic N) is 6. The normalized spacial score (nSPS) is 12.3. The van der Waals surface area contributed by atoms with Crippen LogP contribution >= 0.6 is 23.5 Å². The molecule has 3 heterocycles. The van der Waals surface area contributed by atoms with Crippen LogP contribution in [0.3, 0.4) is 0 Å². The van der Waals surface area contributed by atoms with E-state index in [-0.39, 0.29) is 0 Å². The third-order valence-corrected chi connectivity index (χ3v) is 12.0. The van der Waals surface area contributed by atoms with Crippen molar-refractivity contribution in [1.29, 1.82) is 0 Å². The Labute approximate surface area is 340 Å². The molecule has 9 rings (SSSR count). The van der Waals surface area contributed by atoms with Crippen molar-refractivity contribution in [1.82, 2.24) is 29.9 Å². The van der Waals surface area contributed by atoms with Gasteiger partial charge in [0.15, 0.2) is 34.9 Å². The second-order valence-corrected chi connectivity index (χ2v) is 15.3. The first-order chi connectivity index (χ1) is 28.1. The number of benzene rings is 6. The Morgan fingerprint density at radius 3 is 1.60 bits per heavy atom. The average Bonchev–Trinajstić information content (AvgIpc) is 3.29. The van der Waals surface area contributed by atoms with Crippen molar-refractivity contribution in [3.05, 3.63) is 188 Å². The van der Waals surface area contributed by atoms with Gasteiger partial charge >= 0.3 is 0 Å². The second kappa shape index (κ2) is 16.2. The van der Waals surface area contributed by atoms with Crippen LogP contribution in [0.4, 0.5) is 0 Å². The zero-order valence-corrected chi connectivity index (χ0v) is 32.6. The molecular formula is C49H34N6S2. The summed E-state index contributed by atoms with van der Waals surface area (Å²) in [6.45, 7) is 6.00. The predicted molar refractivity (Wildman–Crippen MR) is 234 cm³/mol. The smallest absolute Gasteiger partial charge is 0.165 e. The highest BCUT2D eigenvalue weighted by Gasteiger charge is 2.23. The molecular weight excluding hydrogens is 737 g/mol. The van der Waals surface area contributed by atoms with E-state index in [2.05, 4.69) is 85.4 Å². The highest BCUT2D eigenvalue weighted by molar-refractivity contribution is 8.05. The molecule has 0 atom stereocenters. The quantitative estimate of drug-likeness (QED) is 0.134. The van der Waals surface area contributed by atoms with E-state index in [1.165, 1.54) is 14.7 Å². The van der Waals surface area contributed by atoms with E-state index in [1.54, 1.807) is 29.6 Å². The van der Waals surface area contributed by atoms with Crippen LogP contribution in [0.5, 0.6) is 0 Å². The number of aromatic nitrogens is 6. The molecule has 6 nitrogen and oxygen atoms in total. The van der Waals surface area contributed by atoms with Crippen molar-refractivity contribution < 1.29 is 0 Å². The molecule has 0 unspecified atom stereocenters. The molecule has 0 fully saturated rings. The van der Waals surface area contributed by atoms with Gasteiger partial charge in [-0.1, -0.05) is 176 Å². The monoisotopic (exact) mass is 770 g/mol. The second-order valence-electron chi connectivity index (χ2n) is 13.1. The lowest BCUT2D eigenvalue weighted by Crippen LogP contribution is -2.02. The molecule has 0 saturated carbocycles. The fourth-order valence-electron chi connectivity index (χ4n) is 6.50. The summed E-state index contributed by atoms with van der Waals surface area (Å²) in [6.07, 6.45) is 7.66. The summed E-state index contributed by atoms with van der Waals surface area (Å²) >= 11 is 3.55. The van der Waals surface area contributed by atoms with Gasteiger partial charge in [-0.25, -0.2) is 29.9 Å². The SMILES string of the molecule is C=C/C(=C\C=C/C)c1nc(-c2ccccc2)nc(-c2cccc(-c3ccc(-c4nc(-c5ccccc5)nc(-c5cccc6c5Sc5ccccc5S6)n4)cc3)c2)n1. The van der Waals surface area contributed by atoms with Gasteiger partial charge in [0.1, 0.15) is 0 Å². The third-order valence-electron chi connectivity index (χ3n) is 9.38. The van der Waals surface area contributed by atoms with Gasteiger partial charge in [0.2, 0.25) is 0 Å². The summed E-state index contributed by atoms with van der Waals surface area (Å²) in [6, 6.07) is 51.6.